The van der Waals surface area contributed by atoms with Crippen molar-refractivity contribution in [3.63, 3.8) is 0 Å². The molecule has 1 rings (SSSR count). The van der Waals surface area contributed by atoms with Crippen LogP contribution < -0.4 is 5.73 Å². The lowest BCUT2D eigenvalue weighted by Crippen LogP contribution is -2.46. The highest BCUT2D eigenvalue weighted by molar-refractivity contribution is 5.79. The first-order valence-corrected chi connectivity index (χ1v) is 7.71. The monoisotopic (exact) mass is 286 g/mol. The highest BCUT2D eigenvalue weighted by Crippen LogP contribution is 2.16. The van der Waals surface area contributed by atoms with Crippen LogP contribution in [0.5, 0.6) is 0 Å². The predicted molar refractivity (Wildman–Crippen MR) is 79.5 cm³/mol. The summed E-state index contributed by atoms with van der Waals surface area (Å²) in [6.07, 6.45) is 4.91. The third-order valence-electron chi connectivity index (χ3n) is 4.01. The molecule has 1 aliphatic heterocycles. The first-order valence-electron chi connectivity index (χ1n) is 7.71. The van der Waals surface area contributed by atoms with E-state index in [2.05, 4.69) is 11.9 Å². The topological polar surface area (TPSA) is 64.8 Å². The van der Waals surface area contributed by atoms with Gasteiger partial charge in [-0.05, 0) is 59.5 Å². The van der Waals surface area contributed by atoms with Crippen molar-refractivity contribution in [1.29, 1.82) is 0 Å². The third-order valence-corrected chi connectivity index (χ3v) is 4.01. The van der Waals surface area contributed by atoms with Crippen molar-refractivity contribution in [3.8, 4) is 0 Å². The van der Waals surface area contributed by atoms with E-state index in [0.717, 1.165) is 45.4 Å². The fraction of sp³-hybridized carbons (Fsp3) is 0.933. The molecular formula is C15H30N2O3. The molecule has 1 unspecified atom stereocenters. The first kappa shape index (κ1) is 17.4. The maximum Gasteiger partial charge on any atom is 0.325 e. The molecule has 0 amide bonds. The summed E-state index contributed by atoms with van der Waals surface area (Å²) in [6.45, 7) is 6.74. The van der Waals surface area contributed by atoms with Crippen molar-refractivity contribution in [2.45, 2.75) is 57.5 Å². The van der Waals surface area contributed by atoms with Gasteiger partial charge < -0.3 is 20.1 Å². The summed E-state index contributed by atoms with van der Waals surface area (Å²) < 4.78 is 10.4. The van der Waals surface area contributed by atoms with E-state index in [9.17, 15) is 4.79 Å². The van der Waals surface area contributed by atoms with Gasteiger partial charge in [0.2, 0.25) is 0 Å². The van der Waals surface area contributed by atoms with E-state index >= 15 is 0 Å². The maximum absolute atomic E-state index is 11.7. The Bertz CT molecular complexity index is 289. The number of hydrogen-bond acceptors (Lipinski definition) is 5. The second-order valence-corrected chi connectivity index (χ2v) is 5.92. The van der Waals surface area contributed by atoms with Gasteiger partial charge in [-0.25, -0.2) is 0 Å². The number of rotatable bonds is 8. The Labute approximate surface area is 122 Å². The molecular weight excluding hydrogens is 256 g/mol. The van der Waals surface area contributed by atoms with Gasteiger partial charge in [0.15, 0.2) is 0 Å². The molecule has 5 nitrogen and oxygen atoms in total. The lowest BCUT2D eigenvalue weighted by Gasteiger charge is -2.31. The number of hydrogen-bond donors (Lipinski definition) is 1. The van der Waals surface area contributed by atoms with E-state index in [0.29, 0.717) is 19.1 Å². The average Bonchev–Trinajstić information content (AvgIpc) is 2.44. The molecule has 1 fully saturated rings. The van der Waals surface area contributed by atoms with Gasteiger partial charge in [-0.3, -0.25) is 4.79 Å². The fourth-order valence-corrected chi connectivity index (χ4v) is 2.56. The molecule has 0 radical (unpaired) electrons. The lowest BCUT2D eigenvalue weighted by atomic mass is 9.96. The highest BCUT2D eigenvalue weighted by Gasteiger charge is 2.29. The van der Waals surface area contributed by atoms with Gasteiger partial charge in [0.1, 0.15) is 5.54 Å². The Morgan fingerprint density at radius 1 is 1.40 bits per heavy atom. The summed E-state index contributed by atoms with van der Waals surface area (Å²) in [6, 6.07) is 0.637. The number of unbranched alkanes of at least 4 members (excludes halogenated alkanes) is 1. The minimum absolute atomic E-state index is 0.294. The van der Waals surface area contributed by atoms with Crippen LogP contribution >= 0.6 is 0 Å². The average molecular weight is 286 g/mol. The van der Waals surface area contributed by atoms with Crippen molar-refractivity contribution in [3.05, 3.63) is 0 Å². The second-order valence-electron chi connectivity index (χ2n) is 5.92. The van der Waals surface area contributed by atoms with Crippen LogP contribution in [0.4, 0.5) is 0 Å². The molecule has 1 saturated heterocycles. The Morgan fingerprint density at radius 2 is 2.05 bits per heavy atom. The molecule has 20 heavy (non-hydrogen) atoms. The van der Waals surface area contributed by atoms with Gasteiger partial charge in [-0.1, -0.05) is 0 Å². The van der Waals surface area contributed by atoms with Crippen LogP contribution in [0.1, 0.15) is 46.0 Å². The largest absolute Gasteiger partial charge is 0.465 e. The summed E-state index contributed by atoms with van der Waals surface area (Å²) in [4.78, 5) is 14.1. The van der Waals surface area contributed by atoms with Gasteiger partial charge in [-0.15, -0.1) is 0 Å². The van der Waals surface area contributed by atoms with Gasteiger partial charge >= 0.3 is 5.97 Å². The molecule has 0 bridgehead atoms. The van der Waals surface area contributed by atoms with Crippen LogP contribution in [0.15, 0.2) is 0 Å². The summed E-state index contributed by atoms with van der Waals surface area (Å²) in [7, 11) is 2.17. The Balaban J connectivity index is 2.18. The Kier molecular flexibility index (Phi) is 7.48. The van der Waals surface area contributed by atoms with Crippen LogP contribution in [-0.2, 0) is 14.3 Å². The highest BCUT2D eigenvalue weighted by atomic mass is 16.5. The summed E-state index contributed by atoms with van der Waals surface area (Å²) >= 11 is 0. The number of nitrogens with two attached hydrogens (primary N) is 1. The van der Waals surface area contributed by atoms with Crippen molar-refractivity contribution in [2.24, 2.45) is 5.73 Å². The molecule has 0 aromatic heterocycles. The van der Waals surface area contributed by atoms with Gasteiger partial charge in [0.25, 0.3) is 0 Å². The summed E-state index contributed by atoms with van der Waals surface area (Å²) in [5.41, 5.74) is 5.15. The summed E-state index contributed by atoms with van der Waals surface area (Å²) in [5.74, 6) is -0.294. The summed E-state index contributed by atoms with van der Waals surface area (Å²) in [5, 5.41) is 0. The number of carbonyl (C=O) groups excluding carboxylic acids is 1. The van der Waals surface area contributed by atoms with E-state index in [1.807, 2.05) is 0 Å². The van der Waals surface area contributed by atoms with Crippen molar-refractivity contribution in [1.82, 2.24) is 4.90 Å². The van der Waals surface area contributed by atoms with Crippen LogP contribution in [0.25, 0.3) is 0 Å². The zero-order chi connectivity index (χ0) is 15.0. The van der Waals surface area contributed by atoms with Crippen LogP contribution in [0.2, 0.25) is 0 Å². The fourth-order valence-electron chi connectivity index (χ4n) is 2.56. The standard InChI is InChI=1S/C15H30N2O3/c1-4-20-14(18)15(2,16)9-5-6-10-17(3)13-7-11-19-12-8-13/h13H,4-12,16H2,1-3H3. The molecule has 1 atom stereocenters. The van der Waals surface area contributed by atoms with Crippen molar-refractivity contribution in [2.75, 3.05) is 33.4 Å². The van der Waals surface area contributed by atoms with E-state index in [4.69, 9.17) is 15.2 Å². The minimum atomic E-state index is -0.854. The van der Waals surface area contributed by atoms with Crippen LogP contribution in [0.3, 0.4) is 0 Å². The number of ether oxygens (including phenoxy) is 2. The van der Waals surface area contributed by atoms with Crippen LogP contribution in [0, 0.1) is 0 Å². The third kappa shape index (κ3) is 5.77. The smallest absolute Gasteiger partial charge is 0.325 e. The maximum atomic E-state index is 11.7. The SMILES string of the molecule is CCOC(=O)C(C)(N)CCCCN(C)C1CCOCC1. The van der Waals surface area contributed by atoms with Crippen LogP contribution in [-0.4, -0.2) is 55.9 Å². The molecule has 118 valence electrons. The molecule has 0 saturated carbocycles. The van der Waals surface area contributed by atoms with E-state index in [1.54, 1.807) is 13.8 Å². The van der Waals surface area contributed by atoms with Gasteiger partial charge in [0.05, 0.1) is 6.61 Å². The molecule has 0 aromatic carbocycles. The molecule has 1 heterocycles. The Morgan fingerprint density at radius 3 is 2.65 bits per heavy atom. The molecule has 5 heteroatoms. The molecule has 2 N–H and O–H groups in total. The molecule has 1 aliphatic rings. The normalized spacial score (nSPS) is 19.9. The van der Waals surface area contributed by atoms with E-state index in [1.165, 1.54) is 0 Å². The quantitative estimate of drug-likeness (QED) is 0.542. The Hall–Kier alpha value is -0.650. The van der Waals surface area contributed by atoms with Gasteiger partial charge in [-0.2, -0.15) is 0 Å². The number of nitrogens with zero attached hydrogens (tertiary/aromatic N) is 1. The first-order chi connectivity index (χ1) is 9.47. The number of carbonyl (C=O) groups is 1. The zero-order valence-corrected chi connectivity index (χ0v) is 13.2. The number of esters is 1. The van der Waals surface area contributed by atoms with E-state index in [-0.39, 0.29) is 5.97 Å². The van der Waals surface area contributed by atoms with E-state index < -0.39 is 5.54 Å². The zero-order valence-electron chi connectivity index (χ0n) is 13.2. The van der Waals surface area contributed by atoms with Crippen molar-refractivity contribution >= 4 is 5.97 Å². The lowest BCUT2D eigenvalue weighted by molar-refractivity contribution is -0.149. The minimum Gasteiger partial charge on any atom is -0.465 e. The van der Waals surface area contributed by atoms with Gasteiger partial charge in [0, 0.05) is 19.3 Å². The predicted octanol–water partition coefficient (Wildman–Crippen LogP) is 1.55. The molecule has 0 spiro atoms. The van der Waals surface area contributed by atoms with Crippen molar-refractivity contribution < 1.29 is 14.3 Å². The second kappa shape index (κ2) is 8.60. The molecule has 0 aliphatic carbocycles. The molecule has 0 aromatic rings.